The summed E-state index contributed by atoms with van der Waals surface area (Å²) in [7, 11) is 0. The van der Waals surface area contributed by atoms with E-state index in [-0.39, 0.29) is 29.9 Å². The standard InChI is InChI=1S/C21H15F6N3O4/c22-20(23,24)19-28-17(29-34-19)12-1-5-14(6-2-12)32-16-9-10-30(11-16)18(31)13-3-7-15(8-4-13)33-21(25,26)27/h1-8,16H,9-11H2/t16-/m0/s1. The average Bonchev–Trinajstić information content (AvgIpc) is 3.43. The van der Waals surface area contributed by atoms with Gasteiger partial charge in [-0.15, -0.1) is 13.2 Å². The Morgan fingerprint density at radius 2 is 1.62 bits per heavy atom. The number of amides is 1. The summed E-state index contributed by atoms with van der Waals surface area (Å²) in [6.45, 7) is 0.632. The Bertz CT molecular complexity index is 1140. The van der Waals surface area contributed by atoms with Gasteiger partial charge in [0.15, 0.2) is 0 Å². The van der Waals surface area contributed by atoms with Gasteiger partial charge in [0.25, 0.3) is 5.91 Å². The molecule has 0 N–H and O–H groups in total. The lowest BCUT2D eigenvalue weighted by atomic mass is 10.2. The van der Waals surface area contributed by atoms with Crippen molar-refractivity contribution in [2.75, 3.05) is 13.1 Å². The van der Waals surface area contributed by atoms with Crippen LogP contribution in [0, 0.1) is 0 Å². The molecule has 3 aromatic rings. The van der Waals surface area contributed by atoms with Crippen molar-refractivity contribution in [2.24, 2.45) is 0 Å². The van der Waals surface area contributed by atoms with E-state index in [4.69, 9.17) is 4.74 Å². The SMILES string of the molecule is O=C(c1ccc(OC(F)(F)F)cc1)N1CC[C@H](Oc2ccc(-c3noc(C(F)(F)F)n3)cc2)C1. The van der Waals surface area contributed by atoms with E-state index in [2.05, 4.69) is 19.4 Å². The molecule has 1 atom stereocenters. The first-order valence-electron chi connectivity index (χ1n) is 9.81. The molecule has 180 valence electrons. The molecule has 4 rings (SSSR count). The van der Waals surface area contributed by atoms with Crippen molar-refractivity contribution in [1.29, 1.82) is 0 Å². The maximum absolute atomic E-state index is 12.6. The molecule has 2 aromatic carbocycles. The first-order chi connectivity index (χ1) is 16.0. The van der Waals surface area contributed by atoms with E-state index in [1.54, 1.807) is 0 Å². The topological polar surface area (TPSA) is 77.7 Å². The highest BCUT2D eigenvalue weighted by Gasteiger charge is 2.38. The Morgan fingerprint density at radius 1 is 0.971 bits per heavy atom. The Hall–Kier alpha value is -3.77. The summed E-state index contributed by atoms with van der Waals surface area (Å²) in [4.78, 5) is 17.4. The number of hydrogen-bond donors (Lipinski definition) is 0. The lowest BCUT2D eigenvalue weighted by Gasteiger charge is -2.18. The minimum atomic E-state index is -4.82. The van der Waals surface area contributed by atoms with E-state index >= 15 is 0 Å². The summed E-state index contributed by atoms with van der Waals surface area (Å²) in [6, 6.07) is 10.6. The van der Waals surface area contributed by atoms with Crippen molar-refractivity contribution in [3.63, 3.8) is 0 Å². The maximum Gasteiger partial charge on any atom is 0.573 e. The second-order valence-corrected chi connectivity index (χ2v) is 7.30. The summed E-state index contributed by atoms with van der Waals surface area (Å²) in [6.07, 6.45) is -9.38. The minimum absolute atomic E-state index is 0.206. The van der Waals surface area contributed by atoms with Gasteiger partial charge in [0.05, 0.1) is 6.54 Å². The molecule has 0 unspecified atom stereocenters. The Kier molecular flexibility index (Phi) is 6.11. The summed E-state index contributed by atoms with van der Waals surface area (Å²) in [5.41, 5.74) is 0.505. The van der Waals surface area contributed by atoms with Crippen molar-refractivity contribution in [2.45, 2.75) is 25.1 Å². The quantitative estimate of drug-likeness (QED) is 0.474. The molecule has 1 aliphatic rings. The van der Waals surface area contributed by atoms with E-state index in [1.807, 2.05) is 0 Å². The van der Waals surface area contributed by atoms with Gasteiger partial charge < -0.3 is 18.9 Å². The van der Waals surface area contributed by atoms with E-state index < -0.39 is 24.2 Å². The molecular weight excluding hydrogens is 472 g/mol. The number of ether oxygens (including phenoxy) is 2. The number of alkyl halides is 6. The highest BCUT2D eigenvalue weighted by atomic mass is 19.4. The fourth-order valence-corrected chi connectivity index (χ4v) is 3.32. The molecule has 1 fully saturated rings. The third-order valence-corrected chi connectivity index (χ3v) is 4.85. The van der Waals surface area contributed by atoms with E-state index in [1.165, 1.54) is 41.3 Å². The smallest absolute Gasteiger partial charge is 0.489 e. The zero-order chi connectivity index (χ0) is 24.5. The van der Waals surface area contributed by atoms with Crippen LogP contribution in [0.25, 0.3) is 11.4 Å². The summed E-state index contributed by atoms with van der Waals surface area (Å²) >= 11 is 0. The number of hydrogen-bond acceptors (Lipinski definition) is 6. The molecule has 7 nitrogen and oxygen atoms in total. The number of likely N-dealkylation sites (tertiary alicyclic amines) is 1. The number of benzene rings is 2. The van der Waals surface area contributed by atoms with Crippen molar-refractivity contribution in [3.8, 4) is 22.9 Å². The highest BCUT2D eigenvalue weighted by Crippen LogP contribution is 2.30. The van der Waals surface area contributed by atoms with Crippen LogP contribution in [0.3, 0.4) is 0 Å². The summed E-state index contributed by atoms with van der Waals surface area (Å²) in [5.74, 6) is -2.02. The number of nitrogens with zero attached hydrogens (tertiary/aromatic N) is 3. The molecule has 0 aliphatic carbocycles. The van der Waals surface area contributed by atoms with Gasteiger partial charge in [-0.25, -0.2) is 0 Å². The second-order valence-electron chi connectivity index (χ2n) is 7.30. The first-order valence-corrected chi connectivity index (χ1v) is 9.81. The van der Waals surface area contributed by atoms with E-state index in [0.717, 1.165) is 12.1 Å². The van der Waals surface area contributed by atoms with Gasteiger partial charge >= 0.3 is 18.4 Å². The third kappa shape index (κ3) is 5.58. The van der Waals surface area contributed by atoms with Crippen molar-refractivity contribution in [3.05, 3.63) is 60.0 Å². The van der Waals surface area contributed by atoms with Crippen molar-refractivity contribution < 1.29 is 45.1 Å². The molecule has 2 heterocycles. The van der Waals surface area contributed by atoms with Gasteiger partial charge in [0.2, 0.25) is 5.82 Å². The first kappa shape index (κ1) is 23.4. The fraction of sp³-hybridized carbons (Fsp3) is 0.286. The zero-order valence-corrected chi connectivity index (χ0v) is 17.1. The molecule has 1 saturated heterocycles. The van der Waals surface area contributed by atoms with Crippen LogP contribution in [0.15, 0.2) is 53.1 Å². The predicted molar refractivity (Wildman–Crippen MR) is 103 cm³/mol. The molecule has 34 heavy (non-hydrogen) atoms. The van der Waals surface area contributed by atoms with Crippen LogP contribution in [0.2, 0.25) is 0 Å². The fourth-order valence-electron chi connectivity index (χ4n) is 3.32. The van der Waals surface area contributed by atoms with Crippen LogP contribution in [0.1, 0.15) is 22.7 Å². The lowest BCUT2D eigenvalue weighted by Crippen LogP contribution is -2.30. The largest absolute Gasteiger partial charge is 0.573 e. The van der Waals surface area contributed by atoms with Crippen LogP contribution in [0.5, 0.6) is 11.5 Å². The number of aromatic nitrogens is 2. The Balaban J connectivity index is 1.33. The molecule has 13 heteroatoms. The van der Waals surface area contributed by atoms with Crippen LogP contribution < -0.4 is 9.47 Å². The molecule has 0 bridgehead atoms. The Labute approximate surface area is 187 Å². The molecule has 1 aromatic heterocycles. The number of carbonyl (C=O) groups is 1. The average molecular weight is 487 g/mol. The molecular formula is C21H15F6N3O4. The van der Waals surface area contributed by atoms with Gasteiger partial charge in [-0.2, -0.15) is 18.2 Å². The van der Waals surface area contributed by atoms with E-state index in [0.29, 0.717) is 24.3 Å². The van der Waals surface area contributed by atoms with Crippen molar-refractivity contribution in [1.82, 2.24) is 15.0 Å². The van der Waals surface area contributed by atoms with E-state index in [9.17, 15) is 31.1 Å². The van der Waals surface area contributed by atoms with Gasteiger partial charge in [-0.3, -0.25) is 4.79 Å². The highest BCUT2D eigenvalue weighted by molar-refractivity contribution is 5.94. The van der Waals surface area contributed by atoms with Gasteiger partial charge in [0, 0.05) is 24.1 Å². The number of carbonyl (C=O) groups excluding carboxylic acids is 1. The Morgan fingerprint density at radius 3 is 2.21 bits per heavy atom. The molecule has 1 aliphatic heterocycles. The van der Waals surface area contributed by atoms with Gasteiger partial charge in [-0.05, 0) is 48.5 Å². The van der Waals surface area contributed by atoms with Crippen LogP contribution >= 0.6 is 0 Å². The summed E-state index contributed by atoms with van der Waals surface area (Å²) in [5, 5.41) is 3.31. The molecule has 0 spiro atoms. The van der Waals surface area contributed by atoms with Crippen LogP contribution in [-0.4, -0.2) is 46.5 Å². The molecule has 1 amide bonds. The predicted octanol–water partition coefficient (Wildman–Crippen LogP) is 4.95. The zero-order valence-electron chi connectivity index (χ0n) is 17.1. The normalized spacial score (nSPS) is 16.5. The van der Waals surface area contributed by atoms with Crippen LogP contribution in [-0.2, 0) is 6.18 Å². The maximum atomic E-state index is 12.6. The monoisotopic (exact) mass is 487 g/mol. The van der Waals surface area contributed by atoms with Crippen molar-refractivity contribution >= 4 is 5.91 Å². The molecule has 0 radical (unpaired) electrons. The third-order valence-electron chi connectivity index (χ3n) is 4.85. The molecule has 0 saturated carbocycles. The van der Waals surface area contributed by atoms with Crippen LogP contribution in [0.4, 0.5) is 26.3 Å². The number of halogens is 6. The lowest BCUT2D eigenvalue weighted by molar-refractivity contribution is -0.274. The van der Waals surface area contributed by atoms with Gasteiger partial charge in [0.1, 0.15) is 17.6 Å². The van der Waals surface area contributed by atoms with Gasteiger partial charge in [-0.1, -0.05) is 5.16 Å². The minimum Gasteiger partial charge on any atom is -0.489 e. The summed E-state index contributed by atoms with van der Waals surface area (Å²) < 4.78 is 88.4. The number of rotatable bonds is 5. The second kappa shape index (κ2) is 8.88.